The van der Waals surface area contributed by atoms with Gasteiger partial charge in [0.15, 0.2) is 0 Å². The van der Waals surface area contributed by atoms with E-state index in [9.17, 15) is 48.9 Å². The Morgan fingerprint density at radius 2 is 0.868 bits per heavy atom. The monoisotopic (exact) mass is 1280 g/mol. The van der Waals surface area contributed by atoms with Gasteiger partial charge in [-0.2, -0.15) is 25.3 Å². The Balaban J connectivity index is 1.31. The van der Waals surface area contributed by atoms with Crippen molar-refractivity contribution in [2.24, 2.45) is 11.5 Å². The van der Waals surface area contributed by atoms with Crippen LogP contribution in [0.25, 0.3) is 10.8 Å². The first kappa shape index (κ1) is 71.1. The summed E-state index contributed by atoms with van der Waals surface area (Å²) in [5.74, 6) is -9.56. The third-order valence-electron chi connectivity index (χ3n) is 15.2. The summed E-state index contributed by atoms with van der Waals surface area (Å²) in [7, 11) is 0. The van der Waals surface area contributed by atoms with E-state index in [1.807, 2.05) is 36.4 Å². The van der Waals surface area contributed by atoms with Crippen molar-refractivity contribution in [1.82, 2.24) is 42.5 Å². The Morgan fingerprint density at radius 1 is 0.451 bits per heavy atom. The Kier molecular flexibility index (Phi) is 27.6. The number of unbranched alkanes of at least 4 members (excludes halogenated alkanes) is 1. The SMILES string of the molecule is C[C@H](c1ccc2ccccc2c1)[C@H](NC(=O)[C@H](Cc1ccc(N)cc1)NC(=O)[C@H](Cc1ccccc1)NC(=O)[C@@H](CS)NC(=O)[C@@H](N)Cc1ccc(O)cc1)C(=O)N[C@@H](CCCCN)C(=O)N[C@H](C(=O)N[C@@H](Cc1ccccc1)C(=O)N[C@@H](CS)C(=O)O)[C@@H](C)O. The van der Waals surface area contributed by atoms with Crippen molar-refractivity contribution in [2.75, 3.05) is 23.8 Å². The molecule has 11 atom stereocenters. The first-order chi connectivity index (χ1) is 43.6. The normalized spacial score (nSPS) is 14.8. The summed E-state index contributed by atoms with van der Waals surface area (Å²) < 4.78 is 0. The number of carboxylic acid groups (broad SMARTS) is 1. The standard InChI is InChI=1S/C66H81N11O12S2/c1-38(45-25-24-44-17-9-10-18-46(44)35-45)56(64(86)70-50(19-11-12-30-67)59(81)77-57(39(2)78)65(87)73-52(33-41-15-7-4-8-16-41)61(83)75-55(37-91)66(88)89)76-62(84)53(34-43-20-26-47(68)27-21-43)71-60(82)51(32-40-13-5-3-6-14-40)72-63(85)54(36-90)74-58(80)49(69)31-42-22-28-48(79)29-23-42/h3-10,13-18,20-29,35,38-39,49-57,78-79,90-91H,11-12,19,30-34,36-37,67-69H2,1-2H3,(H,70,86)(H,71,82)(H,72,85)(H,73,87)(H,74,80)(H,75,83)(H,76,84)(H,77,81)(H,88,89)/t38-,39-,49+,50+,51+,52+,53+,54-,55+,56+,57+/m1/s1. The zero-order chi connectivity index (χ0) is 66.1. The van der Waals surface area contributed by atoms with Crippen LogP contribution in [0.4, 0.5) is 5.69 Å². The Hall–Kier alpha value is -9.01. The smallest absolute Gasteiger partial charge is 0.327 e. The zero-order valence-corrected chi connectivity index (χ0v) is 52.3. The number of aliphatic hydroxyl groups is 1. The van der Waals surface area contributed by atoms with Gasteiger partial charge in [0, 0.05) is 42.4 Å². The van der Waals surface area contributed by atoms with Gasteiger partial charge < -0.3 is 75.1 Å². The molecule has 0 aromatic heterocycles. The molecule has 0 fully saturated rings. The van der Waals surface area contributed by atoms with E-state index in [0.717, 1.165) is 10.8 Å². The highest BCUT2D eigenvalue weighted by molar-refractivity contribution is 7.80. The fourth-order valence-electron chi connectivity index (χ4n) is 9.97. The van der Waals surface area contributed by atoms with E-state index < -0.39 is 120 Å². The van der Waals surface area contributed by atoms with E-state index in [4.69, 9.17) is 17.2 Å². The lowest BCUT2D eigenvalue weighted by Crippen LogP contribution is -2.62. The van der Waals surface area contributed by atoms with Crippen LogP contribution >= 0.6 is 25.3 Å². The van der Waals surface area contributed by atoms with Gasteiger partial charge in [-0.3, -0.25) is 38.4 Å². The number of thiol groups is 2. The van der Waals surface area contributed by atoms with Gasteiger partial charge in [0.2, 0.25) is 47.3 Å². The second-order valence-corrected chi connectivity index (χ2v) is 23.0. The maximum Gasteiger partial charge on any atom is 0.327 e. The number of hydrogen-bond acceptors (Lipinski definition) is 16. The van der Waals surface area contributed by atoms with Crippen LogP contribution in [-0.2, 0) is 68.8 Å². The molecule has 0 heterocycles. The second kappa shape index (κ2) is 35.4. The molecular weight excluding hydrogens is 1200 g/mol. The number of phenols is 1. The summed E-state index contributed by atoms with van der Waals surface area (Å²) in [5, 5.41) is 53.5. The van der Waals surface area contributed by atoms with Crippen molar-refractivity contribution < 1.29 is 58.5 Å². The molecule has 484 valence electrons. The van der Waals surface area contributed by atoms with Crippen molar-refractivity contribution in [3.8, 4) is 5.75 Å². The topological polar surface area (TPSA) is 389 Å². The highest BCUT2D eigenvalue weighted by Gasteiger charge is 2.38. The summed E-state index contributed by atoms with van der Waals surface area (Å²) in [6.45, 7) is 3.13. The zero-order valence-electron chi connectivity index (χ0n) is 50.5. The van der Waals surface area contributed by atoms with Gasteiger partial charge >= 0.3 is 5.97 Å². The number of benzene rings is 6. The lowest BCUT2D eigenvalue weighted by molar-refractivity contribution is -0.141. The van der Waals surface area contributed by atoms with E-state index in [-0.39, 0.29) is 62.3 Å². The fraction of sp³-hybridized carbons (Fsp3) is 0.348. The van der Waals surface area contributed by atoms with Gasteiger partial charge in [0.25, 0.3) is 0 Å². The summed E-state index contributed by atoms with van der Waals surface area (Å²) in [5.41, 5.74) is 21.6. The molecule has 0 spiro atoms. The van der Waals surface area contributed by atoms with E-state index >= 15 is 9.59 Å². The van der Waals surface area contributed by atoms with Crippen LogP contribution in [0.3, 0.4) is 0 Å². The van der Waals surface area contributed by atoms with Crippen LogP contribution < -0.4 is 59.7 Å². The van der Waals surface area contributed by atoms with Crippen molar-refractivity contribution in [3.05, 3.63) is 179 Å². The van der Waals surface area contributed by atoms with Crippen molar-refractivity contribution in [3.63, 3.8) is 0 Å². The first-order valence-corrected chi connectivity index (χ1v) is 31.0. The minimum atomic E-state index is -1.74. The number of carbonyl (C=O) groups is 9. The lowest BCUT2D eigenvalue weighted by Gasteiger charge is -2.31. The molecule has 17 N–H and O–H groups in total. The number of phenolic OH excluding ortho intramolecular Hbond substituents is 1. The van der Waals surface area contributed by atoms with Crippen LogP contribution in [0.2, 0.25) is 0 Å². The number of aromatic hydroxyl groups is 1. The van der Waals surface area contributed by atoms with Crippen LogP contribution in [0.1, 0.15) is 66.8 Å². The van der Waals surface area contributed by atoms with Gasteiger partial charge in [0.05, 0.1) is 12.1 Å². The number of nitrogen functional groups attached to an aromatic ring is 1. The molecular formula is C66H81N11O12S2. The Labute approximate surface area is 539 Å². The van der Waals surface area contributed by atoms with Crippen LogP contribution in [0.5, 0.6) is 5.75 Å². The predicted molar refractivity (Wildman–Crippen MR) is 352 cm³/mol. The Morgan fingerprint density at radius 3 is 1.40 bits per heavy atom. The first-order valence-electron chi connectivity index (χ1n) is 29.8. The van der Waals surface area contributed by atoms with Gasteiger partial charge in [-0.25, -0.2) is 4.79 Å². The number of carbonyl (C=O) groups excluding carboxylic acids is 8. The number of nitrogens with one attached hydrogen (secondary N) is 8. The number of anilines is 1. The molecule has 0 radical (unpaired) electrons. The number of carboxylic acids is 1. The summed E-state index contributed by atoms with van der Waals surface area (Å²) >= 11 is 8.39. The second-order valence-electron chi connectivity index (χ2n) is 22.3. The number of aliphatic hydroxyl groups excluding tert-OH is 1. The summed E-state index contributed by atoms with van der Waals surface area (Å²) in [6, 6.07) is 30.1. The summed E-state index contributed by atoms with van der Waals surface area (Å²) in [6.07, 6.45) is -1.29. The van der Waals surface area contributed by atoms with Gasteiger partial charge in [0.1, 0.15) is 54.1 Å². The molecule has 0 saturated carbocycles. The molecule has 6 aromatic carbocycles. The molecule has 0 aliphatic carbocycles. The quantitative estimate of drug-likeness (QED) is 0.0156. The highest BCUT2D eigenvalue weighted by Crippen LogP contribution is 2.26. The van der Waals surface area contributed by atoms with Crippen molar-refractivity contribution in [1.29, 1.82) is 0 Å². The molecule has 23 nitrogen and oxygen atoms in total. The number of nitrogens with two attached hydrogens (primary N) is 3. The molecule has 0 saturated heterocycles. The predicted octanol–water partition coefficient (Wildman–Crippen LogP) is 1.86. The van der Waals surface area contributed by atoms with Gasteiger partial charge in [-0.1, -0.05) is 134 Å². The largest absolute Gasteiger partial charge is 0.508 e. The van der Waals surface area contributed by atoms with Crippen LogP contribution in [-0.4, -0.2) is 147 Å². The minimum absolute atomic E-state index is 0.0275. The maximum atomic E-state index is 15.3. The molecule has 8 amide bonds. The van der Waals surface area contributed by atoms with Gasteiger partial charge in [-0.05, 0) is 102 Å². The highest BCUT2D eigenvalue weighted by atomic mass is 32.1. The number of rotatable bonds is 34. The molecule has 6 aromatic rings. The van der Waals surface area contributed by atoms with E-state index in [2.05, 4.69) is 67.8 Å². The van der Waals surface area contributed by atoms with Crippen LogP contribution in [0, 0.1) is 0 Å². The maximum absolute atomic E-state index is 15.3. The lowest BCUT2D eigenvalue weighted by atomic mass is 9.90. The number of fused-ring (bicyclic) bond motifs is 1. The Bertz CT molecular complexity index is 3420. The fourth-order valence-corrected chi connectivity index (χ4v) is 10.5. The van der Waals surface area contributed by atoms with E-state index in [1.165, 1.54) is 19.1 Å². The van der Waals surface area contributed by atoms with Crippen molar-refractivity contribution in [2.45, 2.75) is 125 Å². The average Bonchev–Trinajstić information content (AvgIpc) is 1.20. The molecule has 6 rings (SSSR count). The number of aliphatic carboxylic acids is 1. The average molecular weight is 1280 g/mol. The summed E-state index contributed by atoms with van der Waals surface area (Å²) in [4.78, 5) is 127. The molecule has 91 heavy (non-hydrogen) atoms. The molecule has 0 unspecified atom stereocenters. The molecule has 0 bridgehead atoms. The minimum Gasteiger partial charge on any atom is -0.508 e. The van der Waals surface area contributed by atoms with Gasteiger partial charge in [-0.15, -0.1) is 0 Å². The number of hydrogen-bond donors (Lipinski definition) is 16. The molecule has 0 aliphatic heterocycles. The third-order valence-corrected chi connectivity index (χ3v) is 16.0. The van der Waals surface area contributed by atoms with E-state index in [1.54, 1.807) is 110 Å². The van der Waals surface area contributed by atoms with Crippen LogP contribution in [0.15, 0.2) is 152 Å². The van der Waals surface area contributed by atoms with E-state index in [0.29, 0.717) is 39.9 Å². The third kappa shape index (κ3) is 21.9. The number of amides is 8. The molecule has 25 heteroatoms. The molecule has 0 aliphatic rings. The van der Waals surface area contributed by atoms with Crippen molar-refractivity contribution >= 4 is 94.9 Å².